The Morgan fingerprint density at radius 1 is 1.53 bits per heavy atom. The molecule has 94 valence electrons. The maximum absolute atomic E-state index is 11.9. The molecule has 2 rings (SSSR count). The van der Waals surface area contributed by atoms with Gasteiger partial charge >= 0.3 is 0 Å². The molecule has 1 aliphatic carbocycles. The predicted octanol–water partition coefficient (Wildman–Crippen LogP) is 0.786. The summed E-state index contributed by atoms with van der Waals surface area (Å²) in [5.41, 5.74) is -0.260. The Morgan fingerprint density at radius 2 is 2.24 bits per heavy atom. The van der Waals surface area contributed by atoms with Crippen LogP contribution in [-0.4, -0.2) is 31.7 Å². The SMILES string of the molecule is O=S(=O)(NCC1(CO)CC1)c1ccnc(Cl)c1. The lowest BCUT2D eigenvalue weighted by molar-refractivity contribution is 0.213. The van der Waals surface area contributed by atoms with Crippen LogP contribution in [0.25, 0.3) is 0 Å². The lowest BCUT2D eigenvalue weighted by atomic mass is 10.1. The third kappa shape index (κ3) is 2.95. The van der Waals surface area contributed by atoms with Crippen LogP contribution in [-0.2, 0) is 10.0 Å². The van der Waals surface area contributed by atoms with Crippen molar-refractivity contribution in [2.24, 2.45) is 5.41 Å². The van der Waals surface area contributed by atoms with Crippen LogP contribution in [0.4, 0.5) is 0 Å². The molecular formula is C10H13ClN2O3S. The lowest BCUT2D eigenvalue weighted by Gasteiger charge is -2.13. The number of aliphatic hydroxyl groups is 1. The van der Waals surface area contributed by atoms with Crippen molar-refractivity contribution in [3.8, 4) is 0 Å². The molecule has 1 heterocycles. The van der Waals surface area contributed by atoms with Crippen LogP contribution in [0.5, 0.6) is 0 Å². The lowest BCUT2D eigenvalue weighted by Crippen LogP contribution is -2.31. The fourth-order valence-corrected chi connectivity index (χ4v) is 2.86. The van der Waals surface area contributed by atoms with E-state index in [9.17, 15) is 8.42 Å². The van der Waals surface area contributed by atoms with Crippen LogP contribution >= 0.6 is 11.6 Å². The second-order valence-corrected chi connectivity index (χ2v) is 6.45. The summed E-state index contributed by atoms with van der Waals surface area (Å²) in [7, 11) is -3.57. The topological polar surface area (TPSA) is 79.3 Å². The third-order valence-electron chi connectivity index (χ3n) is 2.94. The van der Waals surface area contributed by atoms with Crippen LogP contribution < -0.4 is 4.72 Å². The molecule has 0 radical (unpaired) electrons. The van der Waals surface area contributed by atoms with Gasteiger partial charge < -0.3 is 5.11 Å². The van der Waals surface area contributed by atoms with Gasteiger partial charge in [0.25, 0.3) is 0 Å². The number of halogens is 1. The summed E-state index contributed by atoms with van der Waals surface area (Å²) >= 11 is 5.64. The maximum Gasteiger partial charge on any atom is 0.240 e. The van der Waals surface area contributed by atoms with Gasteiger partial charge in [-0.05, 0) is 25.0 Å². The molecule has 17 heavy (non-hydrogen) atoms. The van der Waals surface area contributed by atoms with Gasteiger partial charge in [-0.2, -0.15) is 0 Å². The van der Waals surface area contributed by atoms with E-state index in [1.54, 1.807) is 0 Å². The van der Waals surface area contributed by atoms with Crippen LogP contribution in [0, 0.1) is 5.41 Å². The van der Waals surface area contributed by atoms with Crippen molar-refractivity contribution >= 4 is 21.6 Å². The first-order valence-electron chi connectivity index (χ1n) is 5.20. The van der Waals surface area contributed by atoms with Gasteiger partial charge in [-0.1, -0.05) is 11.6 Å². The van der Waals surface area contributed by atoms with E-state index >= 15 is 0 Å². The van der Waals surface area contributed by atoms with Gasteiger partial charge in [-0.25, -0.2) is 18.1 Å². The fraction of sp³-hybridized carbons (Fsp3) is 0.500. The van der Waals surface area contributed by atoms with Gasteiger partial charge in [0.05, 0.1) is 4.90 Å². The molecule has 0 spiro atoms. The highest BCUT2D eigenvalue weighted by Crippen LogP contribution is 2.44. The Hall–Kier alpha value is -0.690. The molecule has 1 saturated carbocycles. The second-order valence-electron chi connectivity index (χ2n) is 4.30. The van der Waals surface area contributed by atoms with E-state index in [-0.39, 0.29) is 28.6 Å². The van der Waals surface area contributed by atoms with Gasteiger partial charge in [0.1, 0.15) is 5.15 Å². The Labute approximate surface area is 105 Å². The van der Waals surface area contributed by atoms with Crippen LogP contribution in [0.1, 0.15) is 12.8 Å². The summed E-state index contributed by atoms with van der Waals surface area (Å²) in [5, 5.41) is 9.24. The van der Waals surface area contributed by atoms with Crippen molar-refractivity contribution < 1.29 is 13.5 Å². The van der Waals surface area contributed by atoms with E-state index in [0.717, 1.165) is 12.8 Å². The average Bonchev–Trinajstić information content (AvgIpc) is 3.07. The summed E-state index contributed by atoms with van der Waals surface area (Å²) in [5.74, 6) is 0. The average molecular weight is 277 g/mol. The highest BCUT2D eigenvalue weighted by Gasteiger charge is 2.42. The first kappa shape index (κ1) is 12.8. The van der Waals surface area contributed by atoms with Crippen molar-refractivity contribution in [3.63, 3.8) is 0 Å². The minimum absolute atomic E-state index is 0.00657. The Balaban J connectivity index is 2.09. The van der Waals surface area contributed by atoms with Crippen LogP contribution in [0.3, 0.4) is 0 Å². The molecule has 1 aromatic heterocycles. The number of nitrogens with one attached hydrogen (secondary N) is 1. The van der Waals surface area contributed by atoms with Gasteiger partial charge in [-0.3, -0.25) is 0 Å². The Bertz CT molecular complexity index is 514. The summed E-state index contributed by atoms with van der Waals surface area (Å²) in [6.45, 7) is 0.262. The first-order chi connectivity index (χ1) is 7.97. The molecule has 2 N–H and O–H groups in total. The molecule has 1 aromatic rings. The monoisotopic (exact) mass is 276 g/mol. The molecule has 5 nitrogen and oxygen atoms in total. The number of aliphatic hydroxyl groups excluding tert-OH is 1. The largest absolute Gasteiger partial charge is 0.396 e. The molecule has 0 aromatic carbocycles. The molecule has 0 unspecified atom stereocenters. The number of pyridine rings is 1. The molecule has 0 saturated heterocycles. The molecule has 0 atom stereocenters. The first-order valence-corrected chi connectivity index (χ1v) is 7.06. The minimum Gasteiger partial charge on any atom is -0.396 e. The van der Waals surface area contributed by atoms with E-state index in [0.29, 0.717) is 0 Å². The summed E-state index contributed by atoms with van der Waals surface area (Å²) < 4.78 is 26.3. The highest BCUT2D eigenvalue weighted by molar-refractivity contribution is 7.89. The zero-order chi connectivity index (χ0) is 12.5. The van der Waals surface area contributed by atoms with E-state index < -0.39 is 10.0 Å². The molecule has 0 bridgehead atoms. The normalized spacial score (nSPS) is 18.0. The number of rotatable bonds is 5. The van der Waals surface area contributed by atoms with Crippen molar-refractivity contribution in [2.75, 3.05) is 13.2 Å². The Morgan fingerprint density at radius 3 is 2.76 bits per heavy atom. The smallest absolute Gasteiger partial charge is 0.240 e. The standard InChI is InChI=1S/C10H13ClN2O3S/c11-9-5-8(1-4-12-9)17(15,16)13-6-10(7-14)2-3-10/h1,4-5,13-14H,2-3,6-7H2. The molecule has 7 heteroatoms. The van der Waals surface area contributed by atoms with Crippen molar-refractivity contribution in [1.29, 1.82) is 0 Å². The number of nitrogens with zero attached hydrogens (tertiary/aromatic N) is 1. The molecule has 1 fully saturated rings. The second kappa shape index (κ2) is 4.53. The summed E-state index contributed by atoms with van der Waals surface area (Å²) in [6.07, 6.45) is 3.04. The predicted molar refractivity (Wildman–Crippen MR) is 63.2 cm³/mol. The molecule has 1 aliphatic rings. The number of aromatic nitrogens is 1. The molecule has 0 aliphatic heterocycles. The minimum atomic E-state index is -3.57. The fourth-order valence-electron chi connectivity index (χ4n) is 1.45. The number of hydrogen-bond acceptors (Lipinski definition) is 4. The van der Waals surface area contributed by atoms with Gasteiger partial charge in [0.2, 0.25) is 10.0 Å². The van der Waals surface area contributed by atoms with E-state index in [4.69, 9.17) is 16.7 Å². The van der Waals surface area contributed by atoms with E-state index in [2.05, 4.69) is 9.71 Å². The van der Waals surface area contributed by atoms with E-state index in [1.807, 2.05) is 0 Å². The number of hydrogen-bond donors (Lipinski definition) is 2. The van der Waals surface area contributed by atoms with Gasteiger partial charge in [0, 0.05) is 24.8 Å². The summed E-state index contributed by atoms with van der Waals surface area (Å²) in [4.78, 5) is 3.81. The zero-order valence-corrected chi connectivity index (χ0v) is 10.6. The zero-order valence-electron chi connectivity index (χ0n) is 9.06. The van der Waals surface area contributed by atoms with Crippen molar-refractivity contribution in [1.82, 2.24) is 9.71 Å². The van der Waals surface area contributed by atoms with Gasteiger partial charge in [0.15, 0.2) is 0 Å². The van der Waals surface area contributed by atoms with Crippen LogP contribution in [0.15, 0.2) is 23.2 Å². The quantitative estimate of drug-likeness (QED) is 0.779. The van der Waals surface area contributed by atoms with Crippen LogP contribution in [0.2, 0.25) is 5.15 Å². The van der Waals surface area contributed by atoms with Gasteiger partial charge in [-0.15, -0.1) is 0 Å². The molecular weight excluding hydrogens is 264 g/mol. The highest BCUT2D eigenvalue weighted by atomic mass is 35.5. The van der Waals surface area contributed by atoms with Crippen molar-refractivity contribution in [3.05, 3.63) is 23.5 Å². The summed E-state index contributed by atoms with van der Waals surface area (Å²) in [6, 6.07) is 2.68. The van der Waals surface area contributed by atoms with Crippen molar-refractivity contribution in [2.45, 2.75) is 17.7 Å². The van der Waals surface area contributed by atoms with E-state index in [1.165, 1.54) is 18.3 Å². The Kier molecular flexibility index (Phi) is 3.40. The maximum atomic E-state index is 11.9. The number of sulfonamides is 1. The molecule has 0 amide bonds. The third-order valence-corrected chi connectivity index (χ3v) is 4.54.